The zero-order valence-corrected chi connectivity index (χ0v) is 3.57. The molecule has 0 amide bonds. The van der Waals surface area contributed by atoms with E-state index in [1.165, 1.54) is 12.0 Å². The minimum Gasteiger partial charge on any atom is -0.121 e. The fourth-order valence-electron chi connectivity index (χ4n) is 0.0514. The second-order valence-corrected chi connectivity index (χ2v) is 0.934. The third kappa shape index (κ3) is 4.03. The molecule has 0 unspecified atom stereocenters. The van der Waals surface area contributed by atoms with Gasteiger partial charge in [-0.1, -0.05) is 12.7 Å². The van der Waals surface area contributed by atoms with Crippen molar-refractivity contribution in [2.75, 3.05) is 0 Å². The van der Waals surface area contributed by atoms with Crippen molar-refractivity contribution in [3.8, 4) is 0 Å². The zero-order valence-electron chi connectivity index (χ0n) is 2.82. The molecule has 0 atom stereocenters. The zero-order chi connectivity index (χ0) is 4.12. The van der Waals surface area contributed by atoms with E-state index >= 15 is 0 Å². The van der Waals surface area contributed by atoms with E-state index in [4.69, 9.17) is 18.2 Å². The summed E-state index contributed by atoms with van der Waals surface area (Å²) in [5.74, 6) is 1.47. The molecule has 0 nitrogen and oxygen atoms in total. The first-order valence-corrected chi connectivity index (χ1v) is 1.80. The Balaban J connectivity index is 2.40. The van der Waals surface area contributed by atoms with Crippen LogP contribution < -0.4 is 0 Å². The molecular formula is C4H5Cl. The molecule has 0 N–H and O–H groups in total. The lowest BCUT2D eigenvalue weighted by Crippen LogP contribution is -1.50. The highest BCUT2D eigenvalue weighted by atomic mass is 35.5. The van der Waals surface area contributed by atoms with Crippen LogP contribution in [0.2, 0.25) is 0 Å². The van der Waals surface area contributed by atoms with E-state index in [0.29, 0.717) is 6.42 Å². The Hall–Kier alpha value is 0.0300. The quantitative estimate of drug-likeness (QED) is 0.483. The minimum atomic E-state index is 0.682. The van der Waals surface area contributed by atoms with Gasteiger partial charge >= 0.3 is 0 Å². The van der Waals surface area contributed by atoms with Gasteiger partial charge in [0.15, 0.2) is 0 Å². The van der Waals surface area contributed by atoms with Gasteiger partial charge in [0.25, 0.3) is 0 Å². The Morgan fingerprint density at radius 2 is 2.40 bits per heavy atom. The first kappa shape index (κ1) is 5.03. The van der Waals surface area contributed by atoms with Crippen molar-refractivity contribution in [2.45, 2.75) is 6.42 Å². The maximum Gasteiger partial charge on any atom is 0.0537 e. The molecule has 0 aliphatic rings. The predicted octanol–water partition coefficient (Wildman–Crippen LogP) is 1.77. The normalized spacial score (nSPS) is 7.40. The van der Waals surface area contributed by atoms with E-state index in [1.807, 2.05) is 0 Å². The van der Waals surface area contributed by atoms with Crippen molar-refractivity contribution in [3.63, 3.8) is 0 Å². The third-order valence-corrected chi connectivity index (χ3v) is 0.403. The molecule has 0 saturated carbocycles. The highest BCUT2D eigenvalue weighted by Crippen LogP contribution is 1.88. The molecule has 0 aromatic carbocycles. The Kier molecular flexibility index (Phi) is 4.05. The summed E-state index contributed by atoms with van der Waals surface area (Å²) >= 11 is 5.07. The Labute approximate surface area is 37.4 Å². The lowest BCUT2D eigenvalue weighted by molar-refractivity contribution is 1.37. The first-order chi connectivity index (χ1) is 2.41. The van der Waals surface area contributed by atoms with Gasteiger partial charge in [-0.2, -0.15) is 0 Å². The van der Waals surface area contributed by atoms with Crippen molar-refractivity contribution < 1.29 is 0 Å². The smallest absolute Gasteiger partial charge is 0.0537 e. The standard InChI is InChI=1S/C4H5Cl/c1-2-3-4-5/h1-2,4H,3H2. The molecule has 0 aromatic rings. The number of halogens is 1. The molecule has 0 aliphatic heterocycles. The molecular weight excluding hydrogens is 83.5 g/mol. The highest BCUT2D eigenvalue weighted by Gasteiger charge is 1.65. The van der Waals surface area contributed by atoms with Gasteiger partial charge in [-0.05, 0) is 6.42 Å². The fraction of sp³-hybridized carbons (Fsp3) is 0.250. The average Bonchev–Trinajstić information content (AvgIpc) is 1.41. The summed E-state index contributed by atoms with van der Waals surface area (Å²) in [5.41, 5.74) is 0. The van der Waals surface area contributed by atoms with Gasteiger partial charge in [0.1, 0.15) is 0 Å². The maximum atomic E-state index is 5.07. The second kappa shape index (κ2) is 4.03. The van der Waals surface area contributed by atoms with Gasteiger partial charge < -0.3 is 0 Å². The van der Waals surface area contributed by atoms with E-state index in [-0.39, 0.29) is 0 Å². The van der Waals surface area contributed by atoms with Crippen molar-refractivity contribution >= 4 is 11.6 Å². The summed E-state index contributed by atoms with van der Waals surface area (Å²) in [6.07, 6.45) is 2.18. The molecule has 28 valence electrons. The van der Waals surface area contributed by atoms with Crippen LogP contribution in [-0.4, -0.2) is 0 Å². The number of hydrogen-bond donors (Lipinski definition) is 0. The van der Waals surface area contributed by atoms with Crippen LogP contribution in [0.1, 0.15) is 6.42 Å². The molecule has 0 rings (SSSR count). The summed E-state index contributed by atoms with van der Waals surface area (Å²) in [5, 5.41) is 0. The lowest BCUT2D eigenvalue weighted by atomic mass is 10.5. The fourth-order valence-corrected chi connectivity index (χ4v) is 0.154. The molecule has 0 aliphatic carbocycles. The molecule has 0 aromatic heterocycles. The van der Waals surface area contributed by atoms with Crippen molar-refractivity contribution in [1.82, 2.24) is 0 Å². The van der Waals surface area contributed by atoms with Crippen LogP contribution in [0.5, 0.6) is 0 Å². The average molecular weight is 88.5 g/mol. The summed E-state index contributed by atoms with van der Waals surface area (Å²) < 4.78 is 0. The lowest BCUT2D eigenvalue weighted by Gasteiger charge is -1.69. The van der Waals surface area contributed by atoms with Crippen LogP contribution >= 0.6 is 11.6 Å². The Bertz CT molecular complexity index is 24.8. The summed E-state index contributed by atoms with van der Waals surface area (Å²) in [6.45, 7) is 4.90. The Morgan fingerprint density at radius 3 is 2.40 bits per heavy atom. The summed E-state index contributed by atoms with van der Waals surface area (Å²) in [6, 6.07) is 0. The van der Waals surface area contributed by atoms with Gasteiger partial charge in [-0.25, -0.2) is 0 Å². The van der Waals surface area contributed by atoms with E-state index in [9.17, 15) is 0 Å². The van der Waals surface area contributed by atoms with Crippen LogP contribution in [-0.2, 0) is 0 Å². The van der Waals surface area contributed by atoms with E-state index in [2.05, 4.69) is 0 Å². The van der Waals surface area contributed by atoms with Crippen molar-refractivity contribution in [1.29, 1.82) is 0 Å². The minimum absolute atomic E-state index is 0.682. The summed E-state index contributed by atoms with van der Waals surface area (Å²) in [7, 11) is 0. The highest BCUT2D eigenvalue weighted by molar-refractivity contribution is 6.23. The molecule has 0 fully saturated rings. The molecule has 0 spiro atoms. The van der Waals surface area contributed by atoms with Crippen molar-refractivity contribution in [3.05, 3.63) is 18.5 Å². The van der Waals surface area contributed by atoms with Gasteiger partial charge in [0.05, 0.1) is 5.88 Å². The van der Waals surface area contributed by atoms with E-state index in [1.54, 1.807) is 0 Å². The predicted molar refractivity (Wildman–Crippen MR) is 23.6 cm³/mol. The SMILES string of the molecule is [CH]=CC[CH]Cl. The van der Waals surface area contributed by atoms with Gasteiger partial charge in [-0.15, -0.1) is 11.6 Å². The topological polar surface area (TPSA) is 0 Å². The van der Waals surface area contributed by atoms with E-state index in [0.717, 1.165) is 0 Å². The van der Waals surface area contributed by atoms with Gasteiger partial charge in [-0.3, -0.25) is 0 Å². The molecule has 5 heavy (non-hydrogen) atoms. The third-order valence-electron chi connectivity index (χ3n) is 0.225. The Morgan fingerprint density at radius 1 is 1.80 bits per heavy atom. The first-order valence-electron chi connectivity index (χ1n) is 1.37. The van der Waals surface area contributed by atoms with Gasteiger partial charge in [0.2, 0.25) is 0 Å². The maximum absolute atomic E-state index is 5.07. The monoisotopic (exact) mass is 88.0 g/mol. The molecule has 1 heteroatoms. The van der Waals surface area contributed by atoms with Crippen LogP contribution in [0.4, 0.5) is 0 Å². The summed E-state index contributed by atoms with van der Waals surface area (Å²) in [4.78, 5) is 0. The largest absolute Gasteiger partial charge is 0.121 e. The van der Waals surface area contributed by atoms with Crippen LogP contribution in [0, 0.1) is 12.5 Å². The number of allylic oxidation sites excluding steroid dienone is 1. The van der Waals surface area contributed by atoms with Crippen molar-refractivity contribution in [2.24, 2.45) is 0 Å². The van der Waals surface area contributed by atoms with E-state index < -0.39 is 0 Å². The molecule has 0 heterocycles. The van der Waals surface area contributed by atoms with Crippen LogP contribution in [0.25, 0.3) is 0 Å². The van der Waals surface area contributed by atoms with Crippen LogP contribution in [0.3, 0.4) is 0 Å². The molecule has 0 saturated heterocycles. The van der Waals surface area contributed by atoms with Crippen LogP contribution in [0.15, 0.2) is 6.08 Å². The molecule has 2 radical (unpaired) electrons. The number of hydrogen-bond acceptors (Lipinski definition) is 0. The number of rotatable bonds is 2. The van der Waals surface area contributed by atoms with Gasteiger partial charge in [0, 0.05) is 0 Å². The molecule has 0 bridgehead atoms. The second-order valence-electron chi connectivity index (χ2n) is 0.626.